The molecule has 94 valence electrons. The molecule has 0 spiro atoms. The summed E-state index contributed by atoms with van der Waals surface area (Å²) in [4.78, 5) is 11.7. The van der Waals surface area contributed by atoms with E-state index in [0.717, 1.165) is 17.7 Å². The van der Waals surface area contributed by atoms with E-state index in [1.54, 1.807) is 0 Å². The maximum absolute atomic E-state index is 11.7. The molecule has 0 saturated carbocycles. The Morgan fingerprint density at radius 1 is 1.35 bits per heavy atom. The van der Waals surface area contributed by atoms with Crippen molar-refractivity contribution in [3.63, 3.8) is 0 Å². The maximum atomic E-state index is 11.7. The summed E-state index contributed by atoms with van der Waals surface area (Å²) in [6.45, 7) is 8.58. The molecule has 0 heterocycles. The molecule has 1 unspecified atom stereocenters. The summed E-state index contributed by atoms with van der Waals surface area (Å²) in [7, 11) is 0. The SMILES string of the molecule is CCC(C)NCC(=O)Nc1ccc(C)cc1C. The second-order valence-electron chi connectivity index (χ2n) is 4.56. The molecule has 3 heteroatoms. The quantitative estimate of drug-likeness (QED) is 0.822. The van der Waals surface area contributed by atoms with E-state index in [2.05, 4.69) is 30.5 Å². The molecule has 17 heavy (non-hydrogen) atoms. The molecule has 0 bridgehead atoms. The summed E-state index contributed by atoms with van der Waals surface area (Å²) < 4.78 is 0. The Balaban J connectivity index is 2.50. The summed E-state index contributed by atoms with van der Waals surface area (Å²) in [6, 6.07) is 6.40. The topological polar surface area (TPSA) is 41.1 Å². The number of hydrogen-bond donors (Lipinski definition) is 2. The first kappa shape index (κ1) is 13.7. The molecule has 0 aromatic heterocycles. The van der Waals surface area contributed by atoms with Gasteiger partial charge in [0.2, 0.25) is 5.91 Å². The van der Waals surface area contributed by atoms with E-state index >= 15 is 0 Å². The van der Waals surface area contributed by atoms with Crippen LogP contribution in [0.3, 0.4) is 0 Å². The Kier molecular flexibility index (Phi) is 5.16. The number of nitrogens with one attached hydrogen (secondary N) is 2. The summed E-state index contributed by atoms with van der Waals surface area (Å²) in [5.74, 6) is 0.0113. The molecule has 0 aliphatic rings. The summed E-state index contributed by atoms with van der Waals surface area (Å²) in [5, 5.41) is 6.09. The fourth-order valence-electron chi connectivity index (χ4n) is 1.56. The normalized spacial score (nSPS) is 12.2. The predicted octanol–water partition coefficient (Wildman–Crippen LogP) is 2.63. The maximum Gasteiger partial charge on any atom is 0.238 e. The highest BCUT2D eigenvalue weighted by Crippen LogP contribution is 2.15. The fraction of sp³-hybridized carbons (Fsp3) is 0.500. The molecule has 1 amide bonds. The zero-order chi connectivity index (χ0) is 12.8. The number of aryl methyl sites for hydroxylation is 2. The van der Waals surface area contributed by atoms with E-state index in [-0.39, 0.29) is 5.91 Å². The first-order valence-corrected chi connectivity index (χ1v) is 6.13. The lowest BCUT2D eigenvalue weighted by Crippen LogP contribution is -2.34. The second kappa shape index (κ2) is 6.40. The van der Waals surface area contributed by atoms with Crippen LogP contribution in [0.5, 0.6) is 0 Å². The predicted molar refractivity (Wildman–Crippen MR) is 72.3 cm³/mol. The molecule has 1 rings (SSSR count). The number of benzene rings is 1. The average molecular weight is 234 g/mol. The number of carbonyl (C=O) groups is 1. The average Bonchev–Trinajstić information content (AvgIpc) is 2.29. The monoisotopic (exact) mass is 234 g/mol. The van der Waals surface area contributed by atoms with Crippen LogP contribution in [0.4, 0.5) is 5.69 Å². The summed E-state index contributed by atoms with van der Waals surface area (Å²) >= 11 is 0. The molecule has 1 atom stereocenters. The smallest absolute Gasteiger partial charge is 0.238 e. The lowest BCUT2D eigenvalue weighted by Gasteiger charge is -2.12. The fourth-order valence-corrected chi connectivity index (χ4v) is 1.56. The number of carbonyl (C=O) groups excluding carboxylic acids is 1. The number of anilines is 1. The van der Waals surface area contributed by atoms with Gasteiger partial charge >= 0.3 is 0 Å². The van der Waals surface area contributed by atoms with Crippen molar-refractivity contribution in [1.82, 2.24) is 5.32 Å². The van der Waals surface area contributed by atoms with Crippen LogP contribution in [0.2, 0.25) is 0 Å². The van der Waals surface area contributed by atoms with Crippen molar-refractivity contribution in [3.05, 3.63) is 29.3 Å². The molecular weight excluding hydrogens is 212 g/mol. The van der Waals surface area contributed by atoms with E-state index in [4.69, 9.17) is 0 Å². The molecular formula is C14H22N2O. The van der Waals surface area contributed by atoms with Gasteiger partial charge < -0.3 is 10.6 Å². The van der Waals surface area contributed by atoms with Crippen LogP contribution in [0.25, 0.3) is 0 Å². The Morgan fingerprint density at radius 3 is 2.65 bits per heavy atom. The van der Waals surface area contributed by atoms with E-state index in [0.29, 0.717) is 12.6 Å². The van der Waals surface area contributed by atoms with Gasteiger partial charge in [0.05, 0.1) is 6.54 Å². The molecule has 0 radical (unpaired) electrons. The Hall–Kier alpha value is -1.35. The third kappa shape index (κ3) is 4.57. The van der Waals surface area contributed by atoms with Gasteiger partial charge in [-0.05, 0) is 38.8 Å². The van der Waals surface area contributed by atoms with Crippen LogP contribution >= 0.6 is 0 Å². The molecule has 0 fully saturated rings. The highest BCUT2D eigenvalue weighted by atomic mass is 16.1. The van der Waals surface area contributed by atoms with Gasteiger partial charge in [0, 0.05) is 11.7 Å². The molecule has 0 aliphatic carbocycles. The van der Waals surface area contributed by atoms with Crippen molar-refractivity contribution in [2.75, 3.05) is 11.9 Å². The van der Waals surface area contributed by atoms with Gasteiger partial charge in [-0.15, -0.1) is 0 Å². The number of hydrogen-bond acceptors (Lipinski definition) is 2. The van der Waals surface area contributed by atoms with Crippen LogP contribution < -0.4 is 10.6 Å². The zero-order valence-electron chi connectivity index (χ0n) is 11.1. The summed E-state index contributed by atoms with van der Waals surface area (Å²) in [5.41, 5.74) is 3.20. The molecule has 1 aromatic carbocycles. The van der Waals surface area contributed by atoms with Gasteiger partial charge in [0.25, 0.3) is 0 Å². The van der Waals surface area contributed by atoms with Crippen molar-refractivity contribution in [2.45, 2.75) is 40.2 Å². The molecule has 3 nitrogen and oxygen atoms in total. The van der Waals surface area contributed by atoms with Crippen molar-refractivity contribution in [2.24, 2.45) is 0 Å². The van der Waals surface area contributed by atoms with Crippen molar-refractivity contribution < 1.29 is 4.79 Å². The Morgan fingerprint density at radius 2 is 2.06 bits per heavy atom. The van der Waals surface area contributed by atoms with Crippen LogP contribution in [0.15, 0.2) is 18.2 Å². The van der Waals surface area contributed by atoms with Gasteiger partial charge in [0.15, 0.2) is 0 Å². The van der Waals surface area contributed by atoms with Crippen molar-refractivity contribution in [3.8, 4) is 0 Å². The zero-order valence-corrected chi connectivity index (χ0v) is 11.1. The minimum absolute atomic E-state index is 0.0113. The van der Waals surface area contributed by atoms with Gasteiger partial charge in [-0.3, -0.25) is 4.79 Å². The highest BCUT2D eigenvalue weighted by molar-refractivity contribution is 5.93. The van der Waals surface area contributed by atoms with Crippen LogP contribution in [-0.4, -0.2) is 18.5 Å². The lowest BCUT2D eigenvalue weighted by molar-refractivity contribution is -0.115. The van der Waals surface area contributed by atoms with Gasteiger partial charge in [-0.1, -0.05) is 24.6 Å². The van der Waals surface area contributed by atoms with Gasteiger partial charge in [-0.25, -0.2) is 0 Å². The van der Waals surface area contributed by atoms with Crippen molar-refractivity contribution >= 4 is 11.6 Å². The minimum atomic E-state index is 0.0113. The first-order chi connectivity index (χ1) is 8.02. The first-order valence-electron chi connectivity index (χ1n) is 6.13. The van der Waals surface area contributed by atoms with Crippen LogP contribution in [-0.2, 0) is 4.79 Å². The van der Waals surface area contributed by atoms with E-state index in [1.807, 2.05) is 26.0 Å². The van der Waals surface area contributed by atoms with Crippen molar-refractivity contribution in [1.29, 1.82) is 0 Å². The third-order valence-corrected chi connectivity index (χ3v) is 2.88. The number of rotatable bonds is 5. The molecule has 2 N–H and O–H groups in total. The van der Waals surface area contributed by atoms with E-state index in [1.165, 1.54) is 5.56 Å². The van der Waals surface area contributed by atoms with E-state index in [9.17, 15) is 4.79 Å². The molecule has 0 saturated heterocycles. The lowest BCUT2D eigenvalue weighted by atomic mass is 10.1. The largest absolute Gasteiger partial charge is 0.325 e. The van der Waals surface area contributed by atoms with Crippen LogP contribution in [0, 0.1) is 13.8 Å². The van der Waals surface area contributed by atoms with Gasteiger partial charge in [0.1, 0.15) is 0 Å². The Bertz CT molecular complexity index is 388. The number of amides is 1. The third-order valence-electron chi connectivity index (χ3n) is 2.88. The highest BCUT2D eigenvalue weighted by Gasteiger charge is 2.06. The standard InChI is InChI=1S/C14H22N2O/c1-5-12(4)15-9-14(17)16-13-7-6-10(2)8-11(13)3/h6-8,12,15H,5,9H2,1-4H3,(H,16,17). The second-order valence-corrected chi connectivity index (χ2v) is 4.56. The molecule has 0 aliphatic heterocycles. The Labute approximate surface area is 104 Å². The van der Waals surface area contributed by atoms with Crippen LogP contribution in [0.1, 0.15) is 31.4 Å². The summed E-state index contributed by atoms with van der Waals surface area (Å²) in [6.07, 6.45) is 1.02. The van der Waals surface area contributed by atoms with E-state index < -0.39 is 0 Å². The molecule has 1 aromatic rings. The minimum Gasteiger partial charge on any atom is -0.325 e. The van der Waals surface area contributed by atoms with Gasteiger partial charge in [-0.2, -0.15) is 0 Å².